The first-order chi connectivity index (χ1) is 21.9. The van der Waals surface area contributed by atoms with Crippen LogP contribution in [-0.4, -0.2) is 0 Å². The van der Waals surface area contributed by atoms with Crippen LogP contribution < -0.4 is 10.4 Å². The Labute approximate surface area is 260 Å². The van der Waals surface area contributed by atoms with Crippen LogP contribution in [0.3, 0.4) is 0 Å². The van der Waals surface area contributed by atoms with Crippen LogP contribution >= 0.6 is 0 Å². The number of allylic oxidation sites excluding steroid dienone is 14. The third-order valence-electron chi connectivity index (χ3n) is 11.5. The number of benzene rings is 3. The SMILES string of the molecule is C1=CCCC(c2c3c(c4c5c(c(C6=CCCC=C6)c(C6=CCCCC6)cc25)C2C=CC=CC42)-c2cccc4c2=C3CCC=4)=C1. The Morgan fingerprint density at radius 2 is 1.52 bits per heavy atom. The van der Waals surface area contributed by atoms with Crippen molar-refractivity contribution in [3.05, 3.63) is 135 Å². The Hall–Kier alpha value is -4.16. The molecule has 0 fully saturated rings. The lowest BCUT2D eigenvalue weighted by Gasteiger charge is -2.26. The molecule has 214 valence electrons. The van der Waals surface area contributed by atoms with E-state index in [0.29, 0.717) is 11.8 Å². The quantitative estimate of drug-likeness (QED) is 0.296. The van der Waals surface area contributed by atoms with Crippen molar-refractivity contribution in [3.8, 4) is 11.1 Å². The van der Waals surface area contributed by atoms with Crippen molar-refractivity contribution in [1.29, 1.82) is 0 Å². The molecule has 44 heavy (non-hydrogen) atoms. The third-order valence-corrected chi connectivity index (χ3v) is 11.5. The Balaban J connectivity index is 1.44. The molecule has 0 spiro atoms. The van der Waals surface area contributed by atoms with Crippen molar-refractivity contribution in [2.24, 2.45) is 0 Å². The minimum atomic E-state index is 0.375. The molecule has 7 aliphatic carbocycles. The largest absolute Gasteiger partial charge is 0.0842 e. The zero-order chi connectivity index (χ0) is 28.8. The summed E-state index contributed by atoms with van der Waals surface area (Å²) < 4.78 is 0. The van der Waals surface area contributed by atoms with E-state index in [2.05, 4.69) is 97.2 Å². The molecular weight excluding hydrogens is 528 g/mol. The number of fused-ring (bicyclic) bond motifs is 7. The van der Waals surface area contributed by atoms with E-state index in [1.54, 1.807) is 44.3 Å². The average molecular weight is 567 g/mol. The first kappa shape index (κ1) is 25.2. The summed E-state index contributed by atoms with van der Waals surface area (Å²) in [5, 5.41) is 6.06. The second-order valence-electron chi connectivity index (χ2n) is 13.8. The minimum Gasteiger partial charge on any atom is -0.0842 e. The van der Waals surface area contributed by atoms with Gasteiger partial charge in [-0.25, -0.2) is 0 Å². The van der Waals surface area contributed by atoms with E-state index in [4.69, 9.17) is 0 Å². The van der Waals surface area contributed by atoms with Gasteiger partial charge in [-0.05, 0) is 158 Å². The maximum absolute atomic E-state index is 2.69. The zero-order valence-electron chi connectivity index (χ0n) is 25.5. The number of hydrogen-bond acceptors (Lipinski definition) is 0. The molecule has 0 saturated carbocycles. The molecule has 0 bridgehead atoms. The van der Waals surface area contributed by atoms with Crippen LogP contribution in [0, 0.1) is 0 Å². The average Bonchev–Trinajstić information content (AvgIpc) is 3.61. The molecule has 2 atom stereocenters. The first-order valence-corrected chi connectivity index (χ1v) is 17.2. The monoisotopic (exact) mass is 566 g/mol. The molecule has 3 aromatic carbocycles. The van der Waals surface area contributed by atoms with Gasteiger partial charge in [-0.3, -0.25) is 0 Å². The second kappa shape index (κ2) is 9.67. The lowest BCUT2D eigenvalue weighted by atomic mass is 9.77. The van der Waals surface area contributed by atoms with Gasteiger partial charge in [-0.15, -0.1) is 0 Å². The summed E-state index contributed by atoms with van der Waals surface area (Å²) in [7, 11) is 0. The predicted octanol–water partition coefficient (Wildman–Crippen LogP) is 10.3. The highest BCUT2D eigenvalue weighted by atomic mass is 14.4. The van der Waals surface area contributed by atoms with Crippen LogP contribution in [0.2, 0.25) is 0 Å². The highest BCUT2D eigenvalue weighted by Crippen LogP contribution is 2.60. The van der Waals surface area contributed by atoms with Gasteiger partial charge in [-0.2, -0.15) is 0 Å². The fraction of sp³-hybridized carbons (Fsp3) is 0.273. The molecule has 0 aliphatic heterocycles. The van der Waals surface area contributed by atoms with Gasteiger partial charge >= 0.3 is 0 Å². The van der Waals surface area contributed by atoms with Gasteiger partial charge in [0, 0.05) is 11.8 Å². The topological polar surface area (TPSA) is 0 Å². The highest BCUT2D eigenvalue weighted by Gasteiger charge is 2.42. The maximum Gasteiger partial charge on any atom is 0.0138 e. The normalized spacial score (nSPS) is 23.6. The Bertz CT molecular complexity index is 2160. The van der Waals surface area contributed by atoms with Crippen molar-refractivity contribution in [2.75, 3.05) is 0 Å². The number of hydrogen-bond donors (Lipinski definition) is 0. The molecular formula is C44H38. The fourth-order valence-electron chi connectivity index (χ4n) is 9.74. The highest BCUT2D eigenvalue weighted by molar-refractivity contribution is 6.14. The van der Waals surface area contributed by atoms with Crippen molar-refractivity contribution in [1.82, 2.24) is 0 Å². The first-order valence-electron chi connectivity index (χ1n) is 17.2. The minimum absolute atomic E-state index is 0.375. The van der Waals surface area contributed by atoms with E-state index in [9.17, 15) is 0 Å². The maximum atomic E-state index is 2.69. The van der Waals surface area contributed by atoms with Gasteiger partial charge in [0.15, 0.2) is 0 Å². The summed E-state index contributed by atoms with van der Waals surface area (Å²) in [5.74, 6) is 0.753. The lowest BCUT2D eigenvalue weighted by molar-refractivity contribution is 0.741. The molecule has 10 rings (SSSR count). The Morgan fingerprint density at radius 1 is 0.614 bits per heavy atom. The molecule has 0 radical (unpaired) electrons. The van der Waals surface area contributed by atoms with Crippen LogP contribution in [0.15, 0.2) is 91.1 Å². The van der Waals surface area contributed by atoms with E-state index < -0.39 is 0 Å². The summed E-state index contributed by atoms with van der Waals surface area (Å²) in [6.45, 7) is 0. The van der Waals surface area contributed by atoms with Crippen LogP contribution in [0.25, 0.3) is 50.3 Å². The van der Waals surface area contributed by atoms with Gasteiger partial charge in [0.1, 0.15) is 0 Å². The number of rotatable bonds is 3. The van der Waals surface area contributed by atoms with Crippen LogP contribution in [0.1, 0.15) is 109 Å². The Kier molecular flexibility index (Phi) is 5.54. The fourth-order valence-corrected chi connectivity index (χ4v) is 9.74. The molecule has 0 aromatic heterocycles. The lowest BCUT2D eigenvalue weighted by Crippen LogP contribution is -2.28. The van der Waals surface area contributed by atoms with Crippen molar-refractivity contribution in [3.63, 3.8) is 0 Å². The van der Waals surface area contributed by atoms with Gasteiger partial charge in [0.2, 0.25) is 0 Å². The molecule has 2 unspecified atom stereocenters. The van der Waals surface area contributed by atoms with E-state index in [-0.39, 0.29) is 0 Å². The molecule has 0 heteroatoms. The smallest absolute Gasteiger partial charge is 0.0138 e. The summed E-state index contributed by atoms with van der Waals surface area (Å²) in [4.78, 5) is 0. The summed E-state index contributed by atoms with van der Waals surface area (Å²) in [5.41, 5.74) is 18.6. The standard InChI is InChI=1S/C44H38/c1-4-14-27(15-5-1)35-26-36-39(30-18-8-3-9-19-30)42-33-24-12-20-28-21-13-25-34(37(28)33)43(42)41-32-23-11-10-22-31(32)40(44(36)41)38(35)29-16-6-2-7-17-29/h3,6,8,10-11,13-14,16-18,20-23,25-26,31-32H,1-2,4-5,7,9,12,15,19,24H2. The van der Waals surface area contributed by atoms with Gasteiger partial charge < -0.3 is 0 Å². The van der Waals surface area contributed by atoms with Crippen LogP contribution in [0.4, 0.5) is 0 Å². The van der Waals surface area contributed by atoms with Crippen molar-refractivity contribution in [2.45, 2.75) is 76.0 Å². The molecule has 0 saturated heterocycles. The predicted molar refractivity (Wildman–Crippen MR) is 188 cm³/mol. The summed E-state index contributed by atoms with van der Waals surface area (Å²) in [6, 6.07) is 9.80. The molecule has 0 heterocycles. The van der Waals surface area contributed by atoms with E-state index >= 15 is 0 Å². The molecule has 7 aliphatic rings. The van der Waals surface area contributed by atoms with E-state index in [0.717, 1.165) is 38.5 Å². The van der Waals surface area contributed by atoms with Crippen LogP contribution in [-0.2, 0) is 0 Å². The van der Waals surface area contributed by atoms with Gasteiger partial charge in [0.05, 0.1) is 0 Å². The van der Waals surface area contributed by atoms with Crippen LogP contribution in [0.5, 0.6) is 0 Å². The second-order valence-corrected chi connectivity index (χ2v) is 13.8. The molecule has 0 amide bonds. The van der Waals surface area contributed by atoms with E-state index in [1.165, 1.54) is 69.3 Å². The summed E-state index contributed by atoms with van der Waals surface area (Å²) >= 11 is 0. The summed E-state index contributed by atoms with van der Waals surface area (Å²) in [6.07, 6.45) is 41.1. The molecule has 0 nitrogen and oxygen atoms in total. The molecule has 3 aromatic rings. The van der Waals surface area contributed by atoms with Gasteiger partial charge in [-0.1, -0.05) is 91.1 Å². The van der Waals surface area contributed by atoms with Crippen molar-refractivity contribution >= 4 is 39.1 Å². The Morgan fingerprint density at radius 3 is 2.32 bits per heavy atom. The molecule has 0 N–H and O–H groups in total. The van der Waals surface area contributed by atoms with Gasteiger partial charge in [0.25, 0.3) is 0 Å². The third kappa shape index (κ3) is 3.40. The van der Waals surface area contributed by atoms with E-state index in [1.807, 2.05) is 0 Å². The zero-order valence-corrected chi connectivity index (χ0v) is 25.5. The van der Waals surface area contributed by atoms with Crippen molar-refractivity contribution < 1.29 is 0 Å².